The topological polar surface area (TPSA) is 106 Å². The van der Waals surface area contributed by atoms with E-state index in [-0.39, 0.29) is 30.4 Å². The average Bonchev–Trinajstić information content (AvgIpc) is 3.46. The summed E-state index contributed by atoms with van der Waals surface area (Å²) < 4.78 is 10.8. The molecule has 1 aromatic carbocycles. The Morgan fingerprint density at radius 3 is 2.61 bits per heavy atom. The number of ether oxygens (including phenoxy) is 1. The van der Waals surface area contributed by atoms with E-state index >= 15 is 0 Å². The Balaban J connectivity index is 1.36. The van der Waals surface area contributed by atoms with Gasteiger partial charge in [0.25, 0.3) is 17.5 Å². The Morgan fingerprint density at radius 2 is 1.94 bits per heavy atom. The first-order valence-corrected chi connectivity index (χ1v) is 10.5. The van der Waals surface area contributed by atoms with Crippen molar-refractivity contribution in [2.45, 2.75) is 51.6 Å². The van der Waals surface area contributed by atoms with Crippen LogP contribution < -0.4 is 15.4 Å². The Morgan fingerprint density at radius 1 is 1.19 bits per heavy atom. The number of hydrogen-bond acceptors (Lipinski definition) is 6. The maximum atomic E-state index is 12.7. The lowest BCUT2D eigenvalue weighted by Crippen LogP contribution is -2.30. The second kappa shape index (κ2) is 8.75. The largest absolute Gasteiger partial charge is 0.484 e. The predicted molar refractivity (Wildman–Crippen MR) is 115 cm³/mol. The van der Waals surface area contributed by atoms with Crippen LogP contribution in [0.5, 0.6) is 5.75 Å². The van der Waals surface area contributed by atoms with E-state index in [9.17, 15) is 9.59 Å². The van der Waals surface area contributed by atoms with E-state index in [0.29, 0.717) is 23.1 Å². The number of aromatic nitrogens is 2. The molecule has 162 valence electrons. The van der Waals surface area contributed by atoms with Crippen molar-refractivity contribution in [3.8, 4) is 5.75 Å². The SMILES string of the molecule is CC(C)c1noc2ncc(C(=O)NC(C)c3ccc(OCC(=O)NC4CC4)cc3)cc12. The molecule has 8 nitrogen and oxygen atoms in total. The fourth-order valence-electron chi connectivity index (χ4n) is 3.25. The molecule has 2 heterocycles. The number of carbonyl (C=O) groups is 2. The number of nitrogens with zero attached hydrogens (tertiary/aromatic N) is 2. The van der Waals surface area contributed by atoms with Crippen molar-refractivity contribution < 1.29 is 18.8 Å². The second-order valence-electron chi connectivity index (χ2n) is 8.19. The van der Waals surface area contributed by atoms with Crippen LogP contribution >= 0.6 is 0 Å². The van der Waals surface area contributed by atoms with Crippen LogP contribution in [0.2, 0.25) is 0 Å². The summed E-state index contributed by atoms with van der Waals surface area (Å²) in [6.07, 6.45) is 3.58. The third-order valence-electron chi connectivity index (χ3n) is 5.21. The fourth-order valence-corrected chi connectivity index (χ4v) is 3.25. The van der Waals surface area contributed by atoms with E-state index < -0.39 is 0 Å². The first-order valence-electron chi connectivity index (χ1n) is 10.5. The Labute approximate surface area is 180 Å². The lowest BCUT2D eigenvalue weighted by Gasteiger charge is -2.15. The standard InChI is InChI=1S/C23H26N4O4/c1-13(2)21-19-10-16(11-24-23(19)31-27-21)22(29)25-14(3)15-4-8-18(9-5-15)30-12-20(28)26-17-6-7-17/h4-5,8-11,13-14,17H,6-7,12H2,1-3H3,(H,25,29)(H,26,28). The minimum Gasteiger partial charge on any atom is -0.484 e. The summed E-state index contributed by atoms with van der Waals surface area (Å²) >= 11 is 0. The summed E-state index contributed by atoms with van der Waals surface area (Å²) in [5.74, 6) is 0.443. The number of hydrogen-bond donors (Lipinski definition) is 2. The number of rotatable bonds is 8. The molecule has 0 spiro atoms. The Bertz CT molecular complexity index is 1090. The molecule has 2 N–H and O–H groups in total. The van der Waals surface area contributed by atoms with Crippen molar-refractivity contribution in [1.82, 2.24) is 20.8 Å². The van der Waals surface area contributed by atoms with Crippen LogP contribution in [0.25, 0.3) is 11.1 Å². The minimum absolute atomic E-state index is 0.00114. The molecule has 0 radical (unpaired) electrons. The van der Waals surface area contributed by atoms with Gasteiger partial charge in [0.15, 0.2) is 6.61 Å². The summed E-state index contributed by atoms with van der Waals surface area (Å²) in [7, 11) is 0. The summed E-state index contributed by atoms with van der Waals surface area (Å²) in [5, 5.41) is 10.7. The van der Waals surface area contributed by atoms with Gasteiger partial charge in [0, 0.05) is 12.2 Å². The monoisotopic (exact) mass is 422 g/mol. The predicted octanol–water partition coefficient (Wildman–Crippen LogP) is 3.49. The maximum absolute atomic E-state index is 12.7. The molecular formula is C23H26N4O4. The zero-order chi connectivity index (χ0) is 22.0. The molecule has 4 rings (SSSR count). The molecule has 2 aromatic heterocycles. The molecule has 2 amide bonds. The van der Waals surface area contributed by atoms with Gasteiger partial charge in [-0.05, 0) is 49.4 Å². The van der Waals surface area contributed by atoms with Crippen molar-refractivity contribution in [3.63, 3.8) is 0 Å². The van der Waals surface area contributed by atoms with Crippen LogP contribution in [-0.2, 0) is 4.79 Å². The molecular weight excluding hydrogens is 396 g/mol. The van der Waals surface area contributed by atoms with Gasteiger partial charge in [-0.3, -0.25) is 9.59 Å². The molecule has 1 atom stereocenters. The van der Waals surface area contributed by atoms with Gasteiger partial charge < -0.3 is 19.9 Å². The van der Waals surface area contributed by atoms with Crippen LogP contribution in [0.4, 0.5) is 0 Å². The third kappa shape index (κ3) is 5.02. The Hall–Kier alpha value is -3.42. The van der Waals surface area contributed by atoms with Gasteiger partial charge in [0.1, 0.15) is 5.75 Å². The number of fused-ring (bicyclic) bond motifs is 1. The number of nitrogens with one attached hydrogen (secondary N) is 2. The normalized spacial score (nSPS) is 14.5. The van der Waals surface area contributed by atoms with Gasteiger partial charge >= 0.3 is 0 Å². The fraction of sp³-hybridized carbons (Fsp3) is 0.391. The molecule has 1 aliphatic carbocycles. The van der Waals surface area contributed by atoms with Gasteiger partial charge in [-0.2, -0.15) is 0 Å². The highest BCUT2D eigenvalue weighted by molar-refractivity contribution is 5.97. The van der Waals surface area contributed by atoms with Gasteiger partial charge in [-0.1, -0.05) is 31.1 Å². The second-order valence-corrected chi connectivity index (χ2v) is 8.19. The third-order valence-corrected chi connectivity index (χ3v) is 5.21. The molecule has 0 bridgehead atoms. The summed E-state index contributed by atoms with van der Waals surface area (Å²) in [6.45, 7) is 5.93. The molecule has 1 aliphatic rings. The first kappa shape index (κ1) is 20.8. The molecule has 1 fully saturated rings. The molecule has 3 aromatic rings. The molecule has 8 heteroatoms. The first-order chi connectivity index (χ1) is 14.9. The van der Waals surface area contributed by atoms with Crippen LogP contribution in [0, 0.1) is 0 Å². The average molecular weight is 422 g/mol. The Kier molecular flexibility index (Phi) is 5.88. The van der Waals surface area contributed by atoms with Crippen molar-refractivity contribution >= 4 is 22.9 Å². The van der Waals surface area contributed by atoms with E-state index in [0.717, 1.165) is 29.5 Å². The highest BCUT2D eigenvalue weighted by Crippen LogP contribution is 2.24. The van der Waals surface area contributed by atoms with Crippen molar-refractivity contribution in [2.24, 2.45) is 0 Å². The van der Waals surface area contributed by atoms with Crippen molar-refractivity contribution in [1.29, 1.82) is 0 Å². The van der Waals surface area contributed by atoms with E-state index in [4.69, 9.17) is 9.26 Å². The van der Waals surface area contributed by atoms with Gasteiger partial charge in [-0.15, -0.1) is 0 Å². The van der Waals surface area contributed by atoms with Gasteiger partial charge in [0.05, 0.1) is 22.7 Å². The lowest BCUT2D eigenvalue weighted by atomic mass is 10.1. The molecule has 1 unspecified atom stereocenters. The van der Waals surface area contributed by atoms with Gasteiger partial charge in [-0.25, -0.2) is 4.98 Å². The van der Waals surface area contributed by atoms with E-state index in [1.54, 1.807) is 18.2 Å². The molecule has 0 saturated heterocycles. The summed E-state index contributed by atoms with van der Waals surface area (Å²) in [4.78, 5) is 28.7. The van der Waals surface area contributed by atoms with E-state index in [1.165, 1.54) is 6.20 Å². The highest BCUT2D eigenvalue weighted by Gasteiger charge is 2.23. The van der Waals surface area contributed by atoms with Crippen LogP contribution in [0.15, 0.2) is 41.1 Å². The van der Waals surface area contributed by atoms with Crippen molar-refractivity contribution in [2.75, 3.05) is 6.61 Å². The number of amides is 2. The van der Waals surface area contributed by atoms with E-state index in [2.05, 4.69) is 20.8 Å². The zero-order valence-corrected chi connectivity index (χ0v) is 17.8. The quantitative estimate of drug-likeness (QED) is 0.576. The maximum Gasteiger partial charge on any atom is 0.258 e. The number of carbonyl (C=O) groups excluding carboxylic acids is 2. The smallest absolute Gasteiger partial charge is 0.258 e. The van der Waals surface area contributed by atoms with Gasteiger partial charge in [0.2, 0.25) is 0 Å². The minimum atomic E-state index is -0.227. The van der Waals surface area contributed by atoms with Crippen LogP contribution in [0.1, 0.15) is 67.2 Å². The van der Waals surface area contributed by atoms with Crippen LogP contribution in [-0.4, -0.2) is 34.6 Å². The molecule has 0 aliphatic heterocycles. The molecule has 1 saturated carbocycles. The summed E-state index contributed by atoms with van der Waals surface area (Å²) in [6, 6.07) is 9.20. The van der Waals surface area contributed by atoms with Crippen molar-refractivity contribution in [3.05, 3.63) is 53.3 Å². The number of pyridine rings is 1. The highest BCUT2D eigenvalue weighted by atomic mass is 16.5. The lowest BCUT2D eigenvalue weighted by molar-refractivity contribution is -0.123. The summed E-state index contributed by atoms with van der Waals surface area (Å²) in [5.41, 5.74) is 2.58. The zero-order valence-electron chi connectivity index (χ0n) is 17.8. The molecule has 31 heavy (non-hydrogen) atoms. The number of benzene rings is 1. The van der Waals surface area contributed by atoms with E-state index in [1.807, 2.05) is 32.9 Å². The van der Waals surface area contributed by atoms with Crippen LogP contribution in [0.3, 0.4) is 0 Å².